The van der Waals surface area contributed by atoms with Crippen molar-refractivity contribution < 1.29 is 9.18 Å². The number of Topliss-reactive ketones (excluding diaryl/α,β-unsaturated/α-hetero) is 1. The first-order valence-electron chi connectivity index (χ1n) is 4.31. The molecule has 1 aromatic carbocycles. The molecular weight excluding hydrogens is 181 g/mol. The van der Waals surface area contributed by atoms with Crippen LogP contribution in [0.4, 0.5) is 4.39 Å². The van der Waals surface area contributed by atoms with Crippen LogP contribution in [0.1, 0.15) is 24.5 Å². The lowest BCUT2D eigenvalue weighted by atomic mass is 10.1. The van der Waals surface area contributed by atoms with E-state index >= 15 is 0 Å². The highest BCUT2D eigenvalue weighted by molar-refractivity contribution is 5.75. The zero-order valence-corrected chi connectivity index (χ0v) is 7.88. The maximum Gasteiger partial charge on any atom is 0.141 e. The van der Waals surface area contributed by atoms with Crippen LogP contribution in [0.2, 0.25) is 0 Å². The van der Waals surface area contributed by atoms with E-state index in [2.05, 4.69) is 0 Å². The minimum absolute atomic E-state index is 0.0385. The summed E-state index contributed by atoms with van der Waals surface area (Å²) in [5.41, 5.74) is 0.785. The fourth-order valence-electron chi connectivity index (χ4n) is 1.13. The van der Waals surface area contributed by atoms with Crippen molar-refractivity contribution in [1.29, 1.82) is 5.26 Å². The van der Waals surface area contributed by atoms with Crippen molar-refractivity contribution in [1.82, 2.24) is 0 Å². The number of nitriles is 1. The molecule has 0 fully saturated rings. The smallest absolute Gasteiger partial charge is 0.141 e. The Hall–Kier alpha value is -1.69. The van der Waals surface area contributed by atoms with Gasteiger partial charge in [-0.1, -0.05) is 6.07 Å². The number of carbonyl (C=O) groups is 1. The molecule has 72 valence electrons. The summed E-state index contributed by atoms with van der Waals surface area (Å²) in [5.74, 6) is -0.441. The lowest BCUT2D eigenvalue weighted by Crippen LogP contribution is -1.95. The van der Waals surface area contributed by atoms with Crippen LogP contribution < -0.4 is 0 Å². The Balaban J connectivity index is 2.77. The van der Waals surface area contributed by atoms with Gasteiger partial charge in [-0.25, -0.2) is 4.39 Å². The van der Waals surface area contributed by atoms with Gasteiger partial charge in [0.2, 0.25) is 0 Å². The van der Waals surface area contributed by atoms with Crippen molar-refractivity contribution in [2.45, 2.75) is 19.8 Å². The highest BCUT2D eigenvalue weighted by atomic mass is 19.1. The first-order chi connectivity index (χ1) is 6.63. The molecule has 1 aromatic rings. The first-order valence-corrected chi connectivity index (χ1v) is 4.31. The van der Waals surface area contributed by atoms with Crippen LogP contribution in [-0.2, 0) is 11.2 Å². The first kappa shape index (κ1) is 10.4. The highest BCUT2D eigenvalue weighted by Gasteiger charge is 2.03. The Morgan fingerprint density at radius 2 is 2.29 bits per heavy atom. The zero-order valence-electron chi connectivity index (χ0n) is 7.88. The minimum Gasteiger partial charge on any atom is -0.300 e. The van der Waals surface area contributed by atoms with Crippen LogP contribution in [0.25, 0.3) is 0 Å². The predicted molar refractivity (Wildman–Crippen MR) is 50.1 cm³/mol. The van der Waals surface area contributed by atoms with E-state index in [9.17, 15) is 9.18 Å². The van der Waals surface area contributed by atoms with Crippen LogP contribution >= 0.6 is 0 Å². The summed E-state index contributed by atoms with van der Waals surface area (Å²) in [6.45, 7) is 1.50. The molecule has 0 saturated heterocycles. The lowest BCUT2D eigenvalue weighted by molar-refractivity contribution is -0.116. The summed E-state index contributed by atoms with van der Waals surface area (Å²) in [6, 6.07) is 6.16. The van der Waals surface area contributed by atoms with Gasteiger partial charge in [-0.3, -0.25) is 0 Å². The van der Waals surface area contributed by atoms with Crippen molar-refractivity contribution in [2.24, 2.45) is 0 Å². The Bertz CT molecular complexity index is 393. The molecule has 2 nitrogen and oxygen atoms in total. The molecule has 0 amide bonds. The molecular formula is C11H10FNO. The number of benzene rings is 1. The van der Waals surface area contributed by atoms with Gasteiger partial charge in [0.25, 0.3) is 0 Å². The molecule has 3 heteroatoms. The molecule has 14 heavy (non-hydrogen) atoms. The van der Waals surface area contributed by atoms with Gasteiger partial charge in [0.1, 0.15) is 17.7 Å². The monoisotopic (exact) mass is 191 g/mol. The largest absolute Gasteiger partial charge is 0.300 e. The summed E-state index contributed by atoms with van der Waals surface area (Å²) >= 11 is 0. The summed E-state index contributed by atoms with van der Waals surface area (Å²) in [6.07, 6.45) is 0.934. The lowest BCUT2D eigenvalue weighted by Gasteiger charge is -2.00. The third-order valence-corrected chi connectivity index (χ3v) is 1.92. The number of hydrogen-bond acceptors (Lipinski definition) is 2. The number of halogens is 1. The fourth-order valence-corrected chi connectivity index (χ4v) is 1.13. The normalized spacial score (nSPS) is 9.50. The zero-order chi connectivity index (χ0) is 10.6. The number of ketones is 1. The Kier molecular flexibility index (Phi) is 3.35. The van der Waals surface area contributed by atoms with Crippen molar-refractivity contribution in [2.75, 3.05) is 0 Å². The third kappa shape index (κ3) is 2.67. The van der Waals surface area contributed by atoms with Gasteiger partial charge >= 0.3 is 0 Å². The SMILES string of the molecule is CC(=O)CCc1ccc(C#N)c(F)c1. The van der Waals surface area contributed by atoms with Gasteiger partial charge < -0.3 is 4.79 Å². The highest BCUT2D eigenvalue weighted by Crippen LogP contribution is 2.11. The maximum atomic E-state index is 13.1. The maximum absolute atomic E-state index is 13.1. The summed E-state index contributed by atoms with van der Waals surface area (Å²) in [5, 5.41) is 8.48. The number of aryl methyl sites for hydroxylation is 1. The van der Waals surface area contributed by atoms with Crippen molar-refractivity contribution in [3.63, 3.8) is 0 Å². The Labute approximate surface area is 82.0 Å². The quantitative estimate of drug-likeness (QED) is 0.735. The van der Waals surface area contributed by atoms with E-state index in [1.54, 1.807) is 12.1 Å². The van der Waals surface area contributed by atoms with E-state index in [0.29, 0.717) is 12.8 Å². The molecule has 0 saturated carbocycles. The fraction of sp³-hybridized carbons (Fsp3) is 0.273. The Morgan fingerprint density at radius 1 is 1.57 bits per heavy atom. The second kappa shape index (κ2) is 4.52. The second-order valence-electron chi connectivity index (χ2n) is 3.13. The van der Waals surface area contributed by atoms with E-state index in [-0.39, 0.29) is 11.3 Å². The van der Waals surface area contributed by atoms with Gasteiger partial charge in [-0.05, 0) is 31.0 Å². The summed E-state index contributed by atoms with van der Waals surface area (Å²) < 4.78 is 13.1. The van der Waals surface area contributed by atoms with E-state index in [4.69, 9.17) is 5.26 Å². The molecule has 0 aliphatic rings. The van der Waals surface area contributed by atoms with E-state index in [1.807, 2.05) is 0 Å². The van der Waals surface area contributed by atoms with Gasteiger partial charge in [0.05, 0.1) is 5.56 Å². The molecule has 0 radical (unpaired) electrons. The van der Waals surface area contributed by atoms with Gasteiger partial charge in [0.15, 0.2) is 0 Å². The van der Waals surface area contributed by atoms with E-state index in [0.717, 1.165) is 5.56 Å². The summed E-state index contributed by atoms with van der Waals surface area (Å²) in [4.78, 5) is 10.7. The van der Waals surface area contributed by atoms with Crippen LogP contribution in [0.3, 0.4) is 0 Å². The number of rotatable bonds is 3. The number of carbonyl (C=O) groups excluding carboxylic acids is 1. The molecule has 0 unspecified atom stereocenters. The summed E-state index contributed by atoms with van der Waals surface area (Å²) in [7, 11) is 0. The van der Waals surface area contributed by atoms with Crippen molar-refractivity contribution in [3.05, 3.63) is 35.1 Å². The molecule has 1 rings (SSSR count). The van der Waals surface area contributed by atoms with Crippen molar-refractivity contribution >= 4 is 5.78 Å². The van der Waals surface area contributed by atoms with Crippen LogP contribution in [0, 0.1) is 17.1 Å². The van der Waals surface area contributed by atoms with E-state index in [1.165, 1.54) is 19.1 Å². The topological polar surface area (TPSA) is 40.9 Å². The predicted octanol–water partition coefficient (Wildman–Crippen LogP) is 2.22. The van der Waals surface area contributed by atoms with Gasteiger partial charge in [-0.15, -0.1) is 0 Å². The standard InChI is InChI=1S/C11H10FNO/c1-8(14)2-3-9-4-5-10(7-13)11(12)6-9/h4-6H,2-3H2,1H3. The molecule has 0 spiro atoms. The van der Waals surface area contributed by atoms with Crippen LogP contribution in [0.15, 0.2) is 18.2 Å². The third-order valence-electron chi connectivity index (χ3n) is 1.92. The average Bonchev–Trinajstić information content (AvgIpc) is 2.15. The van der Waals surface area contributed by atoms with Crippen LogP contribution in [0.5, 0.6) is 0 Å². The molecule has 0 N–H and O–H groups in total. The molecule has 0 aliphatic heterocycles. The van der Waals surface area contributed by atoms with Crippen LogP contribution in [-0.4, -0.2) is 5.78 Å². The molecule has 0 aromatic heterocycles. The van der Waals surface area contributed by atoms with Gasteiger partial charge in [0, 0.05) is 6.42 Å². The molecule has 0 atom stereocenters. The second-order valence-corrected chi connectivity index (χ2v) is 3.13. The number of nitrogens with zero attached hydrogens (tertiary/aromatic N) is 1. The van der Waals surface area contributed by atoms with Crippen molar-refractivity contribution in [3.8, 4) is 6.07 Å². The van der Waals surface area contributed by atoms with Gasteiger partial charge in [-0.2, -0.15) is 5.26 Å². The minimum atomic E-state index is -0.520. The molecule has 0 aliphatic carbocycles. The molecule has 0 heterocycles. The van der Waals surface area contributed by atoms with E-state index < -0.39 is 5.82 Å². The Morgan fingerprint density at radius 3 is 2.79 bits per heavy atom. The number of hydrogen-bond donors (Lipinski definition) is 0. The average molecular weight is 191 g/mol. The molecule has 0 bridgehead atoms.